The van der Waals surface area contributed by atoms with Gasteiger partial charge in [-0.25, -0.2) is 0 Å². The topological polar surface area (TPSA) is 55.2 Å². The number of nitrogens with one attached hydrogen (secondary N) is 1. The quantitative estimate of drug-likeness (QED) is 0.444. The largest absolute Gasteiger partial charge is 0.257 e. The van der Waals surface area contributed by atoms with Gasteiger partial charge in [-0.1, -0.05) is 4.74 Å². The molecule has 0 fully saturated rings. The average Bonchev–Trinajstić information content (AvgIpc) is 1.72. The maximum absolute atomic E-state index is 4.10. The average molecular weight is 153 g/mol. The molecule has 0 unspecified atom stereocenters. The van der Waals surface area contributed by atoms with Gasteiger partial charge in [0.1, 0.15) is 0 Å². The van der Waals surface area contributed by atoms with Crippen molar-refractivity contribution in [2.24, 2.45) is 0 Å². The molecule has 1 radical (unpaired) electrons. The summed E-state index contributed by atoms with van der Waals surface area (Å²) in [6, 6.07) is 0. The predicted molar refractivity (Wildman–Crippen MR) is 15.2 cm³/mol. The maximum atomic E-state index is 4.10. The van der Waals surface area contributed by atoms with Crippen molar-refractivity contribution in [2.45, 2.75) is 0 Å². The summed E-state index contributed by atoms with van der Waals surface area (Å²) in [6.45, 7) is 0. The Bertz CT molecular complexity index is 84.9. The van der Waals surface area contributed by atoms with E-state index in [1.807, 2.05) is 0 Å². The van der Waals surface area contributed by atoms with Crippen LogP contribution in [0.15, 0.2) is 26.5 Å². The van der Waals surface area contributed by atoms with Crippen LogP contribution in [0.1, 0.15) is 0 Å². The zero-order chi connectivity index (χ0) is 4.24. The van der Waals surface area contributed by atoms with Crippen LogP contribution < -0.4 is 0 Å². The molecule has 0 aromatic carbocycles. The number of hydrogen-bond donors (Lipinski definition) is 1. The minimum Gasteiger partial charge on any atom is -0.257 e. The summed E-state index contributed by atoms with van der Waals surface area (Å²) in [7, 11) is 0. The van der Waals surface area contributed by atoms with Crippen LogP contribution in [0, 0.1) is 0 Å². The summed E-state index contributed by atoms with van der Waals surface area (Å²) in [5.41, 5.74) is 0. The Balaban J connectivity index is 0.000000360. The van der Waals surface area contributed by atoms with Gasteiger partial charge in [0.15, 0.2) is 6.26 Å². The molecule has 1 N–H and O–H groups in total. The van der Waals surface area contributed by atoms with Crippen LogP contribution in [0.4, 0.5) is 0 Å². The van der Waals surface area contributed by atoms with Gasteiger partial charge in [0, 0.05) is 17.1 Å². The third-order valence-electron chi connectivity index (χ3n) is 0.313. The number of aromatic amines is 1. The van der Waals surface area contributed by atoms with Gasteiger partial charge in [-0.15, -0.1) is 0 Å². The van der Waals surface area contributed by atoms with E-state index in [1.54, 1.807) is 0 Å². The summed E-state index contributed by atoms with van der Waals surface area (Å²) in [6.07, 6.45) is 2.76. The summed E-state index contributed by atoms with van der Waals surface area (Å²) in [5, 5.41) is 2.26. The third-order valence-corrected chi connectivity index (χ3v) is 0.313. The van der Waals surface area contributed by atoms with Crippen molar-refractivity contribution in [3.8, 4) is 0 Å². The molecule has 1 aromatic heterocycles. The molecule has 0 bridgehead atoms. The molecule has 0 aliphatic heterocycles. The summed E-state index contributed by atoms with van der Waals surface area (Å²) >= 11 is 0. The summed E-state index contributed by atoms with van der Waals surface area (Å²) in [4.78, 5) is 0. The first kappa shape index (κ1) is 6.46. The van der Waals surface area contributed by atoms with Gasteiger partial charge in [0.05, 0.1) is 6.20 Å². The standard InChI is InChI=1S/C2H3NO3.Cu/c1-2-4-6-5-3-1;/h1-3H;. The minimum atomic E-state index is 0. The van der Waals surface area contributed by atoms with E-state index in [9.17, 15) is 0 Å². The Morgan fingerprint density at radius 3 is 2.43 bits per heavy atom. The van der Waals surface area contributed by atoms with Gasteiger partial charge in [0.2, 0.25) is 0 Å². The molecule has 0 amide bonds. The smallest absolute Gasteiger partial charge is 0.166 e. The van der Waals surface area contributed by atoms with Crippen LogP contribution in [0.3, 0.4) is 0 Å². The molecule has 0 aliphatic carbocycles. The molecule has 0 saturated carbocycles. The van der Waals surface area contributed by atoms with E-state index < -0.39 is 0 Å². The van der Waals surface area contributed by atoms with Gasteiger partial charge >= 0.3 is 0 Å². The van der Waals surface area contributed by atoms with E-state index >= 15 is 0 Å². The van der Waals surface area contributed by atoms with E-state index in [0.717, 1.165) is 0 Å². The fourth-order valence-corrected chi connectivity index (χ4v) is 0.145. The second kappa shape index (κ2) is 3.64. The van der Waals surface area contributed by atoms with Crippen molar-refractivity contribution in [1.82, 2.24) is 5.16 Å². The molecule has 5 heteroatoms. The van der Waals surface area contributed by atoms with Gasteiger partial charge in [-0.05, 0) is 0 Å². The summed E-state index contributed by atoms with van der Waals surface area (Å²) in [5.74, 6) is 0. The minimum absolute atomic E-state index is 0. The van der Waals surface area contributed by atoms with Gasteiger partial charge in [0.25, 0.3) is 0 Å². The van der Waals surface area contributed by atoms with Crippen LogP contribution in [0.25, 0.3) is 0 Å². The first-order valence-corrected chi connectivity index (χ1v) is 1.40. The molecule has 0 saturated heterocycles. The number of hydrogen-bond acceptors (Lipinski definition) is 3. The fraction of sp³-hybridized carbons (Fsp3) is 0. The fourth-order valence-electron chi connectivity index (χ4n) is 0.145. The number of H-pyrrole nitrogens is 1. The van der Waals surface area contributed by atoms with Crippen LogP contribution in [0.2, 0.25) is 0 Å². The van der Waals surface area contributed by atoms with Crippen molar-refractivity contribution in [3.05, 3.63) is 12.5 Å². The molecule has 4 nitrogen and oxygen atoms in total. The molecule has 0 spiro atoms. The molecular weight excluding hydrogens is 150 g/mol. The third kappa shape index (κ3) is 2.19. The molecule has 0 aliphatic rings. The molecule has 0 atom stereocenters. The number of rotatable bonds is 0. The predicted octanol–water partition coefficient (Wildman–Crippen LogP) is 0.916. The second-order valence-corrected chi connectivity index (χ2v) is 0.668. The van der Waals surface area contributed by atoms with Crippen LogP contribution >= 0.6 is 0 Å². The molecule has 1 heterocycles. The second-order valence-electron chi connectivity index (χ2n) is 0.668. The van der Waals surface area contributed by atoms with Crippen LogP contribution in [0.5, 0.6) is 0 Å². The Morgan fingerprint density at radius 1 is 1.43 bits per heavy atom. The monoisotopic (exact) mass is 152 g/mol. The molecular formula is C2H3CuNO3. The Hall–Kier alpha value is -0.541. The first-order valence-electron chi connectivity index (χ1n) is 1.40. The summed E-state index contributed by atoms with van der Waals surface area (Å²) < 4.78 is 12.0. The van der Waals surface area contributed by atoms with Crippen molar-refractivity contribution >= 4 is 0 Å². The molecule has 1 aromatic rings. The van der Waals surface area contributed by atoms with Gasteiger partial charge in [-0.3, -0.25) is 4.58 Å². The zero-order valence-corrected chi connectivity index (χ0v) is 4.12. The molecule has 1 rings (SSSR count). The van der Waals surface area contributed by atoms with E-state index in [-0.39, 0.29) is 17.1 Å². The normalized spacial score (nSPS) is 6.86. The van der Waals surface area contributed by atoms with E-state index in [2.05, 4.69) is 19.2 Å². The molecule has 7 heavy (non-hydrogen) atoms. The Morgan fingerprint density at radius 2 is 2.29 bits per heavy atom. The van der Waals surface area contributed by atoms with Crippen molar-refractivity contribution in [1.29, 1.82) is 0 Å². The van der Waals surface area contributed by atoms with Crippen molar-refractivity contribution in [3.63, 3.8) is 0 Å². The van der Waals surface area contributed by atoms with Crippen molar-refractivity contribution < 1.29 is 31.1 Å². The first-order chi connectivity index (χ1) is 3.00. The molecule has 45 valence electrons. The van der Waals surface area contributed by atoms with Crippen LogP contribution in [-0.2, 0) is 17.1 Å². The maximum Gasteiger partial charge on any atom is 0.166 e. The van der Waals surface area contributed by atoms with Crippen molar-refractivity contribution in [2.75, 3.05) is 0 Å². The number of aromatic nitrogens is 1. The van der Waals surface area contributed by atoms with E-state index in [1.165, 1.54) is 12.5 Å². The Kier molecular flexibility index (Phi) is 3.36. The SMILES string of the molecule is [Cu].c1cooo[nH]1. The van der Waals surface area contributed by atoms with Gasteiger partial charge in [-0.2, -0.15) is 9.84 Å². The van der Waals surface area contributed by atoms with E-state index in [4.69, 9.17) is 0 Å². The van der Waals surface area contributed by atoms with Gasteiger partial charge < -0.3 is 0 Å². The Labute approximate surface area is 49.5 Å². The van der Waals surface area contributed by atoms with Crippen LogP contribution in [-0.4, -0.2) is 5.16 Å². The zero-order valence-electron chi connectivity index (χ0n) is 3.18. The van der Waals surface area contributed by atoms with E-state index in [0.29, 0.717) is 0 Å².